The van der Waals surface area contributed by atoms with Crippen LogP contribution in [0.15, 0.2) is 18.2 Å². The van der Waals surface area contributed by atoms with E-state index in [9.17, 15) is 13.2 Å². The van der Waals surface area contributed by atoms with E-state index in [2.05, 4.69) is 5.32 Å². The molecule has 1 atom stereocenters. The van der Waals surface area contributed by atoms with Crippen LogP contribution < -0.4 is 5.32 Å². The van der Waals surface area contributed by atoms with E-state index in [0.29, 0.717) is 5.92 Å². The van der Waals surface area contributed by atoms with Gasteiger partial charge in [0.25, 0.3) is 6.43 Å². The Labute approximate surface area is 99.0 Å². The Hall–Kier alpha value is -1.03. The molecule has 94 valence electrons. The van der Waals surface area contributed by atoms with Crippen molar-refractivity contribution in [3.05, 3.63) is 35.1 Å². The molecule has 4 heteroatoms. The normalized spacial score (nSPS) is 20.8. The van der Waals surface area contributed by atoms with E-state index >= 15 is 0 Å². The first-order valence-corrected chi connectivity index (χ1v) is 5.94. The van der Waals surface area contributed by atoms with Crippen molar-refractivity contribution < 1.29 is 13.2 Å². The van der Waals surface area contributed by atoms with Crippen molar-refractivity contribution in [3.8, 4) is 0 Å². The molecule has 0 amide bonds. The summed E-state index contributed by atoms with van der Waals surface area (Å²) in [4.78, 5) is 0. The van der Waals surface area contributed by atoms with Crippen LogP contribution in [-0.4, -0.2) is 13.1 Å². The number of rotatable bonds is 3. The molecule has 1 aliphatic rings. The van der Waals surface area contributed by atoms with Crippen LogP contribution in [0.1, 0.15) is 30.4 Å². The smallest absolute Gasteiger partial charge is 0.266 e. The fourth-order valence-electron chi connectivity index (χ4n) is 2.31. The first kappa shape index (κ1) is 12.4. The molecule has 0 bridgehead atoms. The van der Waals surface area contributed by atoms with Gasteiger partial charge < -0.3 is 5.32 Å². The SMILES string of the molecule is Fc1cc(CC2CCCNC2)ccc1C(F)F. The first-order valence-electron chi connectivity index (χ1n) is 5.94. The maximum absolute atomic E-state index is 13.4. The van der Waals surface area contributed by atoms with Crippen LogP contribution >= 0.6 is 0 Å². The van der Waals surface area contributed by atoms with Gasteiger partial charge in [-0.15, -0.1) is 0 Å². The van der Waals surface area contributed by atoms with Crippen LogP contribution in [0, 0.1) is 11.7 Å². The Morgan fingerprint density at radius 1 is 1.35 bits per heavy atom. The number of halogens is 3. The maximum atomic E-state index is 13.4. The van der Waals surface area contributed by atoms with Gasteiger partial charge in [-0.25, -0.2) is 13.2 Å². The molecule has 1 aliphatic heterocycles. The highest BCUT2D eigenvalue weighted by Crippen LogP contribution is 2.24. The second-order valence-corrected chi connectivity index (χ2v) is 4.57. The van der Waals surface area contributed by atoms with Crippen LogP contribution in [0.4, 0.5) is 13.2 Å². The highest BCUT2D eigenvalue weighted by atomic mass is 19.3. The molecule has 1 aromatic rings. The zero-order valence-electron chi connectivity index (χ0n) is 9.56. The van der Waals surface area contributed by atoms with Crippen LogP contribution in [0.3, 0.4) is 0 Å². The second-order valence-electron chi connectivity index (χ2n) is 4.57. The van der Waals surface area contributed by atoms with E-state index in [4.69, 9.17) is 0 Å². The zero-order valence-corrected chi connectivity index (χ0v) is 9.56. The van der Waals surface area contributed by atoms with Crippen molar-refractivity contribution in [2.75, 3.05) is 13.1 Å². The van der Waals surface area contributed by atoms with Crippen molar-refractivity contribution in [1.29, 1.82) is 0 Å². The summed E-state index contributed by atoms with van der Waals surface area (Å²) in [6.07, 6.45) is 0.265. The highest BCUT2D eigenvalue weighted by Gasteiger charge is 2.16. The van der Waals surface area contributed by atoms with Gasteiger partial charge >= 0.3 is 0 Å². The van der Waals surface area contributed by atoms with Crippen molar-refractivity contribution in [2.24, 2.45) is 5.92 Å². The molecule has 0 aliphatic carbocycles. The molecule has 1 aromatic carbocycles. The van der Waals surface area contributed by atoms with Gasteiger partial charge in [-0.1, -0.05) is 12.1 Å². The van der Waals surface area contributed by atoms with E-state index < -0.39 is 17.8 Å². The fraction of sp³-hybridized carbons (Fsp3) is 0.538. The van der Waals surface area contributed by atoms with Crippen molar-refractivity contribution >= 4 is 0 Å². The lowest BCUT2D eigenvalue weighted by molar-refractivity contribution is 0.146. The summed E-state index contributed by atoms with van der Waals surface area (Å²) in [6.45, 7) is 1.97. The van der Waals surface area contributed by atoms with Gasteiger partial charge in [-0.2, -0.15) is 0 Å². The van der Waals surface area contributed by atoms with Gasteiger partial charge in [-0.05, 0) is 49.9 Å². The Morgan fingerprint density at radius 2 is 2.18 bits per heavy atom. The van der Waals surface area contributed by atoms with Gasteiger partial charge in [0.05, 0.1) is 5.56 Å². The average molecular weight is 243 g/mol. The average Bonchev–Trinajstić information content (AvgIpc) is 2.30. The quantitative estimate of drug-likeness (QED) is 0.858. The zero-order chi connectivity index (χ0) is 12.3. The number of benzene rings is 1. The predicted molar refractivity (Wildman–Crippen MR) is 60.7 cm³/mol. The summed E-state index contributed by atoms with van der Waals surface area (Å²) in [6, 6.07) is 4.06. The summed E-state index contributed by atoms with van der Waals surface area (Å²) in [5.41, 5.74) is 0.302. The minimum Gasteiger partial charge on any atom is -0.316 e. The highest BCUT2D eigenvalue weighted by molar-refractivity contribution is 5.25. The van der Waals surface area contributed by atoms with E-state index in [1.807, 2.05) is 0 Å². The van der Waals surface area contributed by atoms with Crippen molar-refractivity contribution in [3.63, 3.8) is 0 Å². The van der Waals surface area contributed by atoms with Crippen LogP contribution in [0.25, 0.3) is 0 Å². The standard InChI is InChI=1S/C13H16F3N/c14-12-7-9(3-4-11(12)13(15)16)6-10-2-1-5-17-8-10/h3-4,7,10,13,17H,1-2,5-6,8H2. The minimum atomic E-state index is -2.74. The summed E-state index contributed by atoms with van der Waals surface area (Å²) in [5, 5.41) is 3.29. The lowest BCUT2D eigenvalue weighted by atomic mass is 9.92. The second kappa shape index (κ2) is 5.54. The van der Waals surface area contributed by atoms with E-state index in [0.717, 1.165) is 37.9 Å². The van der Waals surface area contributed by atoms with Gasteiger partial charge in [0.2, 0.25) is 0 Å². The molecule has 1 unspecified atom stereocenters. The molecule has 1 N–H and O–H groups in total. The molecule has 1 fully saturated rings. The third-order valence-corrected chi connectivity index (χ3v) is 3.22. The molecular weight excluding hydrogens is 227 g/mol. The molecule has 1 saturated heterocycles. The molecule has 2 rings (SSSR count). The van der Waals surface area contributed by atoms with Gasteiger partial charge in [-0.3, -0.25) is 0 Å². The largest absolute Gasteiger partial charge is 0.316 e. The molecule has 1 nitrogen and oxygen atoms in total. The first-order chi connectivity index (χ1) is 8.16. The van der Waals surface area contributed by atoms with Crippen molar-refractivity contribution in [1.82, 2.24) is 5.32 Å². The van der Waals surface area contributed by atoms with Gasteiger partial charge in [0.15, 0.2) is 0 Å². The Morgan fingerprint density at radius 3 is 2.76 bits per heavy atom. The Bertz CT molecular complexity index is 373. The van der Waals surface area contributed by atoms with Crippen LogP contribution in [0.5, 0.6) is 0 Å². The Kier molecular flexibility index (Phi) is 4.05. The fourth-order valence-corrected chi connectivity index (χ4v) is 2.31. The summed E-state index contributed by atoms with van der Waals surface area (Å²) < 4.78 is 38.1. The third kappa shape index (κ3) is 3.22. The van der Waals surface area contributed by atoms with E-state index in [1.54, 1.807) is 6.07 Å². The Balaban J connectivity index is 2.04. The van der Waals surface area contributed by atoms with Gasteiger partial charge in [0.1, 0.15) is 5.82 Å². The lowest BCUT2D eigenvalue weighted by Crippen LogP contribution is -2.30. The summed E-state index contributed by atoms with van der Waals surface area (Å²) >= 11 is 0. The molecule has 17 heavy (non-hydrogen) atoms. The number of hydrogen-bond donors (Lipinski definition) is 1. The summed E-state index contributed by atoms with van der Waals surface area (Å²) in [5.74, 6) is -0.304. The van der Waals surface area contributed by atoms with Gasteiger partial charge in [0, 0.05) is 0 Å². The molecule has 0 spiro atoms. The number of alkyl halides is 2. The van der Waals surface area contributed by atoms with Crippen molar-refractivity contribution in [2.45, 2.75) is 25.7 Å². The van der Waals surface area contributed by atoms with Crippen LogP contribution in [-0.2, 0) is 6.42 Å². The topological polar surface area (TPSA) is 12.0 Å². The number of nitrogens with one attached hydrogen (secondary N) is 1. The monoisotopic (exact) mass is 243 g/mol. The molecule has 0 aromatic heterocycles. The molecule has 0 saturated carbocycles. The van der Waals surface area contributed by atoms with E-state index in [-0.39, 0.29) is 0 Å². The predicted octanol–water partition coefficient (Wildman–Crippen LogP) is 3.31. The summed E-state index contributed by atoms with van der Waals surface area (Å²) in [7, 11) is 0. The number of hydrogen-bond acceptors (Lipinski definition) is 1. The minimum absolute atomic E-state index is 0.487. The molecule has 0 radical (unpaired) electrons. The molecule has 1 heterocycles. The van der Waals surface area contributed by atoms with E-state index in [1.165, 1.54) is 12.1 Å². The molecular formula is C13H16F3N. The van der Waals surface area contributed by atoms with Crippen LogP contribution in [0.2, 0.25) is 0 Å². The lowest BCUT2D eigenvalue weighted by Gasteiger charge is -2.22. The number of piperidine rings is 1. The maximum Gasteiger partial charge on any atom is 0.266 e. The third-order valence-electron chi connectivity index (χ3n) is 3.22.